The normalized spacial score (nSPS) is 14.0. The molecule has 0 radical (unpaired) electrons. The molecule has 1 aliphatic heterocycles. The van der Waals surface area contributed by atoms with E-state index in [9.17, 15) is 22.8 Å². The van der Waals surface area contributed by atoms with Crippen molar-refractivity contribution in [3.05, 3.63) is 58.7 Å². The van der Waals surface area contributed by atoms with Crippen LogP contribution in [0.5, 0.6) is 5.75 Å². The Balaban J connectivity index is 1.98. The fourth-order valence-corrected chi connectivity index (χ4v) is 3.07. The van der Waals surface area contributed by atoms with Crippen molar-refractivity contribution < 1.29 is 27.5 Å². The lowest BCUT2D eigenvalue weighted by molar-refractivity contribution is -0.138. The van der Waals surface area contributed by atoms with Gasteiger partial charge in [0.2, 0.25) is 0 Å². The van der Waals surface area contributed by atoms with E-state index in [0.717, 1.165) is 17.4 Å². The summed E-state index contributed by atoms with van der Waals surface area (Å²) in [5, 5.41) is 0. The molecule has 1 heterocycles. The predicted octanol–water partition coefficient (Wildman–Crippen LogP) is 5.24. The summed E-state index contributed by atoms with van der Waals surface area (Å²) in [7, 11) is 0. The molecular formula is C21H20F3NO3. The molecule has 0 aromatic heterocycles. The number of imide groups is 1. The zero-order valence-electron chi connectivity index (χ0n) is 15.8. The largest absolute Gasteiger partial charge is 0.493 e. The molecule has 1 aliphatic rings. The number of nitrogens with zero attached hydrogens (tertiary/aromatic N) is 1. The first-order valence-electron chi connectivity index (χ1n) is 8.93. The quantitative estimate of drug-likeness (QED) is 0.655. The van der Waals surface area contributed by atoms with Crippen molar-refractivity contribution in [1.29, 1.82) is 0 Å². The highest BCUT2D eigenvalue weighted by molar-refractivity contribution is 6.35. The van der Waals surface area contributed by atoms with Crippen molar-refractivity contribution in [3.8, 4) is 5.75 Å². The Morgan fingerprint density at radius 1 is 1.07 bits per heavy atom. The molecule has 0 bridgehead atoms. The topological polar surface area (TPSA) is 46.6 Å². The lowest BCUT2D eigenvalue weighted by atomic mass is 10.1. The Bertz CT molecular complexity index is 935. The van der Waals surface area contributed by atoms with Crippen LogP contribution in [-0.4, -0.2) is 18.4 Å². The molecular weight excluding hydrogens is 371 g/mol. The number of fused-ring (bicyclic) bond motifs is 1. The second-order valence-corrected chi connectivity index (χ2v) is 7.15. The number of aryl methyl sites for hydroxylation is 1. The second kappa shape index (κ2) is 7.30. The Kier molecular flexibility index (Phi) is 5.19. The van der Waals surface area contributed by atoms with Gasteiger partial charge in [-0.2, -0.15) is 13.2 Å². The van der Waals surface area contributed by atoms with Crippen LogP contribution in [-0.2, 0) is 6.18 Å². The predicted molar refractivity (Wildman–Crippen MR) is 98.7 cm³/mol. The second-order valence-electron chi connectivity index (χ2n) is 7.15. The fourth-order valence-electron chi connectivity index (χ4n) is 3.07. The number of hydrogen-bond acceptors (Lipinski definition) is 3. The number of carbonyl (C=O) groups is 2. The van der Waals surface area contributed by atoms with E-state index in [1.165, 1.54) is 25.1 Å². The molecule has 0 atom stereocenters. The van der Waals surface area contributed by atoms with Gasteiger partial charge in [-0.3, -0.25) is 9.59 Å². The van der Waals surface area contributed by atoms with E-state index in [2.05, 4.69) is 0 Å². The van der Waals surface area contributed by atoms with Crippen molar-refractivity contribution in [2.24, 2.45) is 5.92 Å². The van der Waals surface area contributed by atoms with E-state index >= 15 is 0 Å². The van der Waals surface area contributed by atoms with Crippen LogP contribution in [0.1, 0.15) is 52.1 Å². The van der Waals surface area contributed by atoms with Gasteiger partial charge in [0.05, 0.1) is 29.0 Å². The Morgan fingerprint density at radius 2 is 1.79 bits per heavy atom. The van der Waals surface area contributed by atoms with Crippen LogP contribution in [0, 0.1) is 12.8 Å². The molecule has 2 aromatic carbocycles. The Labute approximate surface area is 160 Å². The summed E-state index contributed by atoms with van der Waals surface area (Å²) in [4.78, 5) is 26.4. The van der Waals surface area contributed by atoms with Crippen LogP contribution in [0.3, 0.4) is 0 Å². The maximum Gasteiger partial charge on any atom is 0.416 e. The summed E-state index contributed by atoms with van der Waals surface area (Å²) in [5.74, 6) is -0.676. The SMILES string of the molecule is Cc1ccc(N2C(=O)c3cccc(OCCC(C)C)c3C2=O)cc1C(F)(F)F. The maximum atomic E-state index is 13.2. The van der Waals surface area contributed by atoms with Crippen molar-refractivity contribution in [1.82, 2.24) is 0 Å². The van der Waals surface area contributed by atoms with Crippen molar-refractivity contribution in [2.75, 3.05) is 11.5 Å². The molecule has 0 N–H and O–H groups in total. The monoisotopic (exact) mass is 391 g/mol. The number of anilines is 1. The van der Waals surface area contributed by atoms with E-state index < -0.39 is 23.6 Å². The van der Waals surface area contributed by atoms with Gasteiger partial charge in [0.1, 0.15) is 5.75 Å². The standard InChI is InChI=1S/C21H20F3NO3/c1-12(2)9-10-28-17-6-4-5-15-18(17)20(27)25(19(15)26)14-8-7-13(3)16(11-14)21(22,23)24/h4-8,11-12H,9-10H2,1-3H3. The van der Waals surface area contributed by atoms with E-state index in [1.807, 2.05) is 13.8 Å². The van der Waals surface area contributed by atoms with Gasteiger partial charge in [0.15, 0.2) is 0 Å². The van der Waals surface area contributed by atoms with Gasteiger partial charge in [-0.1, -0.05) is 26.0 Å². The first kappa shape index (κ1) is 19.9. The number of ether oxygens (including phenoxy) is 1. The van der Waals surface area contributed by atoms with Gasteiger partial charge in [0.25, 0.3) is 11.8 Å². The summed E-state index contributed by atoms with van der Waals surface area (Å²) in [5.41, 5.74) is -0.760. The molecule has 2 amide bonds. The summed E-state index contributed by atoms with van der Waals surface area (Å²) in [6, 6.07) is 8.08. The third-order valence-corrected chi connectivity index (χ3v) is 4.61. The number of rotatable bonds is 5. The van der Waals surface area contributed by atoms with Crippen molar-refractivity contribution in [2.45, 2.75) is 33.4 Å². The van der Waals surface area contributed by atoms with Gasteiger partial charge < -0.3 is 4.74 Å². The average Bonchev–Trinajstić information content (AvgIpc) is 2.86. The zero-order chi connectivity index (χ0) is 20.6. The third kappa shape index (κ3) is 3.61. The van der Waals surface area contributed by atoms with Crippen molar-refractivity contribution in [3.63, 3.8) is 0 Å². The summed E-state index contributed by atoms with van der Waals surface area (Å²) < 4.78 is 45.4. The summed E-state index contributed by atoms with van der Waals surface area (Å²) >= 11 is 0. The van der Waals surface area contributed by atoms with Crippen LogP contribution >= 0.6 is 0 Å². The lowest BCUT2D eigenvalue weighted by Gasteiger charge is -2.18. The minimum absolute atomic E-state index is 0.0190. The third-order valence-electron chi connectivity index (χ3n) is 4.61. The molecule has 0 fully saturated rings. The molecule has 4 nitrogen and oxygen atoms in total. The molecule has 0 saturated heterocycles. The van der Waals surface area contributed by atoms with E-state index in [-0.39, 0.29) is 28.1 Å². The van der Waals surface area contributed by atoms with Gasteiger partial charge in [-0.05, 0) is 49.1 Å². The molecule has 2 aromatic rings. The van der Waals surface area contributed by atoms with E-state index in [4.69, 9.17) is 4.74 Å². The smallest absolute Gasteiger partial charge is 0.416 e. The fraction of sp³-hybridized carbons (Fsp3) is 0.333. The molecule has 148 valence electrons. The molecule has 28 heavy (non-hydrogen) atoms. The average molecular weight is 391 g/mol. The molecule has 7 heteroatoms. The minimum Gasteiger partial charge on any atom is -0.493 e. The van der Waals surface area contributed by atoms with Gasteiger partial charge in [-0.15, -0.1) is 0 Å². The molecule has 0 saturated carbocycles. The van der Waals surface area contributed by atoms with E-state index in [0.29, 0.717) is 12.5 Å². The number of benzene rings is 2. The summed E-state index contributed by atoms with van der Waals surface area (Å²) in [6.07, 6.45) is -3.81. The molecule has 0 spiro atoms. The first-order valence-corrected chi connectivity index (χ1v) is 8.93. The van der Waals surface area contributed by atoms with Crippen LogP contribution in [0.15, 0.2) is 36.4 Å². The Hall–Kier alpha value is -2.83. The highest BCUT2D eigenvalue weighted by atomic mass is 19.4. The maximum absolute atomic E-state index is 13.2. The van der Waals surface area contributed by atoms with E-state index in [1.54, 1.807) is 12.1 Å². The van der Waals surface area contributed by atoms with Crippen LogP contribution in [0.2, 0.25) is 0 Å². The molecule has 0 aliphatic carbocycles. The number of amides is 2. The number of halogens is 3. The van der Waals surface area contributed by atoms with Gasteiger partial charge >= 0.3 is 6.18 Å². The number of alkyl halides is 3. The van der Waals surface area contributed by atoms with Crippen molar-refractivity contribution >= 4 is 17.5 Å². The first-order chi connectivity index (χ1) is 13.1. The minimum atomic E-state index is -4.58. The van der Waals surface area contributed by atoms with Gasteiger partial charge in [0, 0.05) is 0 Å². The van der Waals surface area contributed by atoms with Crippen LogP contribution < -0.4 is 9.64 Å². The highest BCUT2D eigenvalue weighted by Gasteiger charge is 2.40. The summed E-state index contributed by atoms with van der Waals surface area (Å²) in [6.45, 7) is 5.77. The van der Waals surface area contributed by atoms with Crippen LogP contribution in [0.4, 0.5) is 18.9 Å². The number of hydrogen-bond donors (Lipinski definition) is 0. The lowest BCUT2D eigenvalue weighted by Crippen LogP contribution is -2.29. The Morgan fingerprint density at radius 3 is 2.43 bits per heavy atom. The molecule has 3 rings (SSSR count). The van der Waals surface area contributed by atoms with Gasteiger partial charge in [-0.25, -0.2) is 4.90 Å². The highest BCUT2D eigenvalue weighted by Crippen LogP contribution is 2.38. The number of carbonyl (C=O) groups excluding carboxylic acids is 2. The molecule has 0 unspecified atom stereocenters. The van der Waals surface area contributed by atoms with Crippen LogP contribution in [0.25, 0.3) is 0 Å². The zero-order valence-corrected chi connectivity index (χ0v) is 15.8.